The Kier molecular flexibility index (Phi) is 57.2. The highest BCUT2D eigenvalue weighted by Gasteiger charge is 2.18. The number of nitrogens with one attached hydrogen (secondary N) is 1. The van der Waals surface area contributed by atoms with Crippen LogP contribution in [0.5, 0.6) is 0 Å². The SMILES string of the molecule is CCCCCCC/C=C\C/C=C\CCCCCCCCCCCCCCCCCCCCCCCCCCCCCCCC(=O)NC(CO)C(O)/C=C/CC/C=C/CCCCCCCCCC. The average Bonchev–Trinajstić information content (AvgIpc) is 3.33. The molecule has 0 bridgehead atoms. The normalized spacial score (nSPS) is 13.1. The average molecular weight is 939 g/mol. The van der Waals surface area contributed by atoms with Crippen LogP contribution in [0.25, 0.3) is 0 Å². The van der Waals surface area contributed by atoms with Gasteiger partial charge in [-0.05, 0) is 64.2 Å². The van der Waals surface area contributed by atoms with Gasteiger partial charge in [0.2, 0.25) is 5.91 Å². The first-order valence-electron chi connectivity index (χ1n) is 30.4. The molecule has 2 unspecified atom stereocenters. The first-order valence-corrected chi connectivity index (χ1v) is 30.4. The first kappa shape index (κ1) is 65.3. The van der Waals surface area contributed by atoms with E-state index in [1.54, 1.807) is 6.08 Å². The quantitative estimate of drug-likeness (QED) is 0.0420. The van der Waals surface area contributed by atoms with Crippen LogP contribution < -0.4 is 5.32 Å². The number of unbranched alkanes of at least 4 members (excludes halogenated alkanes) is 43. The highest BCUT2D eigenvalue weighted by Crippen LogP contribution is 2.18. The van der Waals surface area contributed by atoms with Gasteiger partial charge in [0.15, 0.2) is 0 Å². The van der Waals surface area contributed by atoms with E-state index in [1.807, 2.05) is 6.08 Å². The summed E-state index contributed by atoms with van der Waals surface area (Å²) >= 11 is 0. The Morgan fingerprint density at radius 2 is 0.627 bits per heavy atom. The van der Waals surface area contributed by atoms with Gasteiger partial charge in [-0.15, -0.1) is 0 Å². The van der Waals surface area contributed by atoms with E-state index in [1.165, 1.54) is 270 Å². The molecule has 0 fully saturated rings. The molecular weight excluding hydrogens is 819 g/mol. The Morgan fingerprint density at radius 3 is 0.955 bits per heavy atom. The van der Waals surface area contributed by atoms with E-state index < -0.39 is 12.1 Å². The van der Waals surface area contributed by atoms with Crippen LogP contribution in [0, 0.1) is 0 Å². The van der Waals surface area contributed by atoms with E-state index in [-0.39, 0.29) is 12.5 Å². The smallest absolute Gasteiger partial charge is 0.220 e. The lowest BCUT2D eigenvalue weighted by Crippen LogP contribution is -2.45. The fourth-order valence-corrected chi connectivity index (χ4v) is 9.41. The number of carbonyl (C=O) groups excluding carboxylic acids is 1. The topological polar surface area (TPSA) is 69.6 Å². The molecule has 0 aromatic carbocycles. The van der Waals surface area contributed by atoms with Crippen LogP contribution >= 0.6 is 0 Å². The number of carbonyl (C=O) groups is 1. The summed E-state index contributed by atoms with van der Waals surface area (Å²) in [4.78, 5) is 12.4. The van der Waals surface area contributed by atoms with E-state index in [9.17, 15) is 15.0 Å². The summed E-state index contributed by atoms with van der Waals surface area (Å²) < 4.78 is 0. The van der Waals surface area contributed by atoms with Crippen LogP contribution in [0.15, 0.2) is 48.6 Å². The van der Waals surface area contributed by atoms with Crippen LogP contribution in [0.4, 0.5) is 0 Å². The first-order chi connectivity index (χ1) is 33.2. The molecule has 2 atom stereocenters. The molecule has 4 nitrogen and oxygen atoms in total. The Labute approximate surface area is 420 Å². The van der Waals surface area contributed by atoms with Gasteiger partial charge in [0.25, 0.3) is 0 Å². The summed E-state index contributed by atoms with van der Waals surface area (Å²) in [5.74, 6) is -0.0691. The van der Waals surface area contributed by atoms with Crippen molar-refractivity contribution in [2.24, 2.45) is 0 Å². The molecule has 0 spiro atoms. The maximum absolute atomic E-state index is 12.4. The summed E-state index contributed by atoms with van der Waals surface area (Å²) in [5, 5.41) is 23.1. The third-order valence-electron chi connectivity index (χ3n) is 14.0. The molecule has 67 heavy (non-hydrogen) atoms. The summed E-state index contributed by atoms with van der Waals surface area (Å²) in [7, 11) is 0. The van der Waals surface area contributed by atoms with Crippen molar-refractivity contribution >= 4 is 5.91 Å². The largest absolute Gasteiger partial charge is 0.394 e. The van der Waals surface area contributed by atoms with Crippen LogP contribution in [0.2, 0.25) is 0 Å². The minimum Gasteiger partial charge on any atom is -0.394 e. The van der Waals surface area contributed by atoms with Gasteiger partial charge in [0, 0.05) is 6.42 Å². The second-order valence-corrected chi connectivity index (χ2v) is 20.8. The van der Waals surface area contributed by atoms with Gasteiger partial charge in [0.05, 0.1) is 18.8 Å². The van der Waals surface area contributed by atoms with E-state index >= 15 is 0 Å². The van der Waals surface area contributed by atoms with Crippen LogP contribution in [0.1, 0.15) is 328 Å². The molecule has 0 aliphatic heterocycles. The number of allylic oxidation sites excluding steroid dienone is 7. The van der Waals surface area contributed by atoms with Crippen molar-refractivity contribution in [1.29, 1.82) is 0 Å². The van der Waals surface area contributed by atoms with Crippen molar-refractivity contribution < 1.29 is 15.0 Å². The predicted octanol–water partition coefficient (Wildman–Crippen LogP) is 20.2. The van der Waals surface area contributed by atoms with Gasteiger partial charge in [-0.25, -0.2) is 0 Å². The summed E-state index contributed by atoms with van der Waals surface area (Å²) in [6.07, 6.45) is 81.7. The molecule has 0 aromatic heterocycles. The molecule has 1 amide bonds. The van der Waals surface area contributed by atoms with Gasteiger partial charge < -0.3 is 15.5 Å². The Hall–Kier alpha value is -1.65. The Bertz CT molecular complexity index is 1060. The van der Waals surface area contributed by atoms with Crippen molar-refractivity contribution in [1.82, 2.24) is 5.32 Å². The number of rotatable bonds is 56. The Balaban J connectivity index is 3.38. The van der Waals surface area contributed by atoms with Gasteiger partial charge in [-0.1, -0.05) is 306 Å². The second kappa shape index (κ2) is 58.7. The zero-order valence-electron chi connectivity index (χ0n) is 45.4. The van der Waals surface area contributed by atoms with Crippen molar-refractivity contribution in [3.63, 3.8) is 0 Å². The van der Waals surface area contributed by atoms with Gasteiger partial charge >= 0.3 is 0 Å². The standard InChI is InChI=1S/C63H119NO3/c1-3-5-7-9-11-13-15-17-19-20-21-22-23-24-25-26-27-28-29-30-31-32-33-34-35-36-37-38-39-40-41-42-43-44-45-47-49-51-53-55-57-59-63(67)64-61(60-65)62(66)58-56-54-52-50-48-46-18-16-14-12-10-8-6-4-2/h15,17,20-21,48,50,56,58,61-62,65-66H,3-14,16,18-19,22-47,49,51-55,57,59-60H2,1-2H3,(H,64,67)/b17-15-,21-20-,50-48+,58-56+. The van der Waals surface area contributed by atoms with Gasteiger partial charge in [0.1, 0.15) is 0 Å². The molecule has 3 N–H and O–H groups in total. The van der Waals surface area contributed by atoms with E-state index in [0.717, 1.165) is 38.5 Å². The maximum Gasteiger partial charge on any atom is 0.220 e. The van der Waals surface area contributed by atoms with E-state index in [0.29, 0.717) is 6.42 Å². The molecule has 0 radical (unpaired) electrons. The lowest BCUT2D eigenvalue weighted by Gasteiger charge is -2.19. The monoisotopic (exact) mass is 938 g/mol. The summed E-state index contributed by atoms with van der Waals surface area (Å²) in [6, 6.07) is -0.637. The molecule has 0 aliphatic rings. The third kappa shape index (κ3) is 55.2. The maximum atomic E-state index is 12.4. The molecule has 4 heteroatoms. The van der Waals surface area contributed by atoms with Gasteiger partial charge in [-0.2, -0.15) is 0 Å². The van der Waals surface area contributed by atoms with E-state index in [4.69, 9.17) is 0 Å². The van der Waals surface area contributed by atoms with Crippen molar-refractivity contribution in [3.05, 3.63) is 48.6 Å². The molecule has 0 saturated carbocycles. The zero-order valence-corrected chi connectivity index (χ0v) is 45.4. The lowest BCUT2D eigenvalue weighted by molar-refractivity contribution is -0.123. The highest BCUT2D eigenvalue weighted by atomic mass is 16.3. The fraction of sp³-hybridized carbons (Fsp3) is 0.857. The number of aliphatic hydroxyl groups excluding tert-OH is 2. The molecule has 0 aromatic rings. The predicted molar refractivity (Wildman–Crippen MR) is 299 cm³/mol. The molecule has 0 saturated heterocycles. The minimum absolute atomic E-state index is 0.0691. The van der Waals surface area contributed by atoms with Crippen molar-refractivity contribution in [3.8, 4) is 0 Å². The zero-order chi connectivity index (χ0) is 48.5. The number of aliphatic hydroxyl groups is 2. The molecule has 0 rings (SSSR count). The summed E-state index contributed by atoms with van der Waals surface area (Å²) in [5.41, 5.74) is 0. The molecule has 394 valence electrons. The lowest BCUT2D eigenvalue weighted by atomic mass is 10.0. The van der Waals surface area contributed by atoms with Crippen LogP contribution in [-0.2, 0) is 4.79 Å². The third-order valence-corrected chi connectivity index (χ3v) is 14.0. The van der Waals surface area contributed by atoms with Crippen LogP contribution in [-0.4, -0.2) is 34.9 Å². The fourth-order valence-electron chi connectivity index (χ4n) is 9.41. The van der Waals surface area contributed by atoms with Crippen molar-refractivity contribution in [2.45, 2.75) is 341 Å². The van der Waals surface area contributed by atoms with E-state index in [2.05, 4.69) is 55.6 Å². The minimum atomic E-state index is -0.860. The molecule has 0 aliphatic carbocycles. The number of hydrogen-bond donors (Lipinski definition) is 3. The second-order valence-electron chi connectivity index (χ2n) is 20.8. The number of hydrogen-bond acceptors (Lipinski definition) is 3. The highest BCUT2D eigenvalue weighted by molar-refractivity contribution is 5.76. The Morgan fingerprint density at radius 1 is 0.358 bits per heavy atom. The van der Waals surface area contributed by atoms with Gasteiger partial charge in [-0.3, -0.25) is 4.79 Å². The van der Waals surface area contributed by atoms with Crippen molar-refractivity contribution in [2.75, 3.05) is 6.61 Å². The molecule has 0 heterocycles. The molecular formula is C63H119NO3. The van der Waals surface area contributed by atoms with Crippen LogP contribution in [0.3, 0.4) is 0 Å². The number of amides is 1. The summed E-state index contributed by atoms with van der Waals surface area (Å²) in [6.45, 7) is 4.30.